The number of benzene rings is 1. The van der Waals surface area contributed by atoms with Crippen LogP contribution in [0, 0.1) is 0 Å². The minimum absolute atomic E-state index is 0.0404. The van der Waals surface area contributed by atoms with Gasteiger partial charge in [0, 0.05) is 17.7 Å². The molecule has 21 heavy (non-hydrogen) atoms. The number of aromatic nitrogens is 2. The zero-order valence-corrected chi connectivity index (χ0v) is 13.0. The van der Waals surface area contributed by atoms with Crippen molar-refractivity contribution in [3.05, 3.63) is 36.4 Å². The predicted molar refractivity (Wildman–Crippen MR) is 85.2 cm³/mol. The highest BCUT2D eigenvalue weighted by molar-refractivity contribution is 5.92. The molecule has 1 aromatic carbocycles. The van der Waals surface area contributed by atoms with Crippen molar-refractivity contribution < 1.29 is 4.79 Å². The van der Waals surface area contributed by atoms with Gasteiger partial charge in [-0.25, -0.2) is 4.68 Å². The molecule has 1 heterocycles. The van der Waals surface area contributed by atoms with Gasteiger partial charge in [0.1, 0.15) is 5.82 Å². The smallest absolute Gasteiger partial charge is 0.239 e. The molecule has 2 rings (SSSR count). The van der Waals surface area contributed by atoms with E-state index in [9.17, 15) is 4.79 Å². The van der Waals surface area contributed by atoms with Crippen molar-refractivity contribution in [2.75, 3.05) is 26.0 Å². The normalized spacial score (nSPS) is 11.1. The molecule has 0 saturated heterocycles. The number of hydrogen-bond acceptors (Lipinski definition) is 3. The fraction of sp³-hybridized carbons (Fsp3) is 0.375. The molecule has 0 bridgehead atoms. The summed E-state index contributed by atoms with van der Waals surface area (Å²) >= 11 is 0. The summed E-state index contributed by atoms with van der Waals surface area (Å²) in [5, 5.41) is 7.53. The summed E-state index contributed by atoms with van der Waals surface area (Å²) in [6.45, 7) is 4.44. The summed E-state index contributed by atoms with van der Waals surface area (Å²) in [6.07, 6.45) is 0. The Balaban J connectivity index is 2.28. The first-order valence-electron chi connectivity index (χ1n) is 7.07. The fourth-order valence-electron chi connectivity index (χ4n) is 2.10. The average molecular weight is 286 g/mol. The van der Waals surface area contributed by atoms with Crippen LogP contribution in [-0.4, -0.2) is 41.2 Å². The van der Waals surface area contributed by atoms with E-state index in [-0.39, 0.29) is 11.9 Å². The first kappa shape index (κ1) is 15.3. The fourth-order valence-corrected chi connectivity index (χ4v) is 2.10. The Bertz CT molecular complexity index is 602. The molecule has 0 fully saturated rings. The van der Waals surface area contributed by atoms with Crippen LogP contribution in [0.15, 0.2) is 36.4 Å². The standard InChI is InChI=1S/C16H22N4O/c1-12(2)20-15(17-16(21)11-19(3)4)10-14(18-20)13-8-6-5-7-9-13/h5-10,12H,11H2,1-4H3,(H,17,21). The lowest BCUT2D eigenvalue weighted by Crippen LogP contribution is -2.28. The Labute approximate surface area is 125 Å². The Morgan fingerprint density at radius 1 is 1.29 bits per heavy atom. The number of nitrogens with zero attached hydrogens (tertiary/aromatic N) is 3. The van der Waals surface area contributed by atoms with Gasteiger partial charge in [-0.1, -0.05) is 30.3 Å². The molecule has 2 aromatic rings. The lowest BCUT2D eigenvalue weighted by Gasteiger charge is -2.13. The summed E-state index contributed by atoms with van der Waals surface area (Å²) < 4.78 is 1.84. The van der Waals surface area contributed by atoms with Gasteiger partial charge < -0.3 is 10.2 Å². The minimum atomic E-state index is -0.0404. The molecule has 0 atom stereocenters. The SMILES string of the molecule is CC(C)n1nc(-c2ccccc2)cc1NC(=O)CN(C)C. The van der Waals surface area contributed by atoms with Crippen LogP contribution in [0.25, 0.3) is 11.3 Å². The third kappa shape index (κ3) is 3.92. The van der Waals surface area contributed by atoms with Crippen molar-refractivity contribution in [3.63, 3.8) is 0 Å². The second-order valence-electron chi connectivity index (χ2n) is 5.61. The zero-order valence-electron chi connectivity index (χ0n) is 13.0. The average Bonchev–Trinajstić information content (AvgIpc) is 2.82. The molecule has 1 amide bonds. The number of carbonyl (C=O) groups excluding carboxylic acids is 1. The van der Waals surface area contributed by atoms with Crippen LogP contribution >= 0.6 is 0 Å². The Hall–Kier alpha value is -2.14. The number of rotatable bonds is 5. The van der Waals surface area contributed by atoms with Crippen molar-refractivity contribution in [2.45, 2.75) is 19.9 Å². The molecular weight excluding hydrogens is 264 g/mol. The Kier molecular flexibility index (Phi) is 4.75. The third-order valence-corrected chi connectivity index (χ3v) is 3.02. The largest absolute Gasteiger partial charge is 0.310 e. The van der Waals surface area contributed by atoms with Crippen molar-refractivity contribution >= 4 is 11.7 Å². The van der Waals surface area contributed by atoms with Crippen LogP contribution < -0.4 is 5.32 Å². The maximum Gasteiger partial charge on any atom is 0.239 e. The predicted octanol–water partition coefficient (Wildman–Crippen LogP) is 2.63. The molecule has 0 unspecified atom stereocenters. The van der Waals surface area contributed by atoms with Crippen molar-refractivity contribution in [1.29, 1.82) is 0 Å². The van der Waals surface area contributed by atoms with Crippen LogP contribution in [0.4, 0.5) is 5.82 Å². The van der Waals surface area contributed by atoms with E-state index in [1.165, 1.54) is 0 Å². The van der Waals surface area contributed by atoms with Gasteiger partial charge in [0.15, 0.2) is 0 Å². The maximum absolute atomic E-state index is 11.9. The van der Waals surface area contributed by atoms with Gasteiger partial charge in [0.05, 0.1) is 12.2 Å². The number of hydrogen-bond donors (Lipinski definition) is 1. The van der Waals surface area contributed by atoms with Crippen LogP contribution in [0.5, 0.6) is 0 Å². The number of nitrogens with one attached hydrogen (secondary N) is 1. The van der Waals surface area contributed by atoms with E-state index < -0.39 is 0 Å². The first-order valence-corrected chi connectivity index (χ1v) is 7.07. The van der Waals surface area contributed by atoms with E-state index >= 15 is 0 Å². The summed E-state index contributed by atoms with van der Waals surface area (Å²) in [6, 6.07) is 12.1. The van der Waals surface area contributed by atoms with Gasteiger partial charge in [0.2, 0.25) is 5.91 Å². The van der Waals surface area contributed by atoms with Gasteiger partial charge >= 0.3 is 0 Å². The van der Waals surface area contributed by atoms with E-state index in [1.54, 1.807) is 0 Å². The molecule has 0 saturated carbocycles. The third-order valence-electron chi connectivity index (χ3n) is 3.02. The molecule has 0 aliphatic carbocycles. The highest BCUT2D eigenvalue weighted by Gasteiger charge is 2.14. The lowest BCUT2D eigenvalue weighted by molar-refractivity contribution is -0.116. The van der Waals surface area contributed by atoms with E-state index in [4.69, 9.17) is 0 Å². The lowest BCUT2D eigenvalue weighted by atomic mass is 10.2. The number of amides is 1. The van der Waals surface area contributed by atoms with E-state index in [0.29, 0.717) is 6.54 Å². The van der Waals surface area contributed by atoms with E-state index in [1.807, 2.05) is 73.9 Å². The van der Waals surface area contributed by atoms with Crippen LogP contribution in [0.1, 0.15) is 19.9 Å². The van der Waals surface area contributed by atoms with E-state index in [2.05, 4.69) is 10.4 Å². The summed E-state index contributed by atoms with van der Waals surface area (Å²) in [5.74, 6) is 0.692. The van der Waals surface area contributed by atoms with E-state index in [0.717, 1.165) is 17.1 Å². The topological polar surface area (TPSA) is 50.2 Å². The van der Waals surface area contributed by atoms with Crippen molar-refractivity contribution in [3.8, 4) is 11.3 Å². The summed E-state index contributed by atoms with van der Waals surface area (Å²) in [7, 11) is 3.74. The summed E-state index contributed by atoms with van der Waals surface area (Å²) in [4.78, 5) is 13.8. The van der Waals surface area contributed by atoms with Crippen molar-refractivity contribution in [2.24, 2.45) is 0 Å². The van der Waals surface area contributed by atoms with Gasteiger partial charge in [-0.3, -0.25) is 4.79 Å². The van der Waals surface area contributed by atoms with Crippen LogP contribution in [0.3, 0.4) is 0 Å². The zero-order chi connectivity index (χ0) is 15.4. The van der Waals surface area contributed by atoms with Gasteiger partial charge in [-0.15, -0.1) is 0 Å². The highest BCUT2D eigenvalue weighted by atomic mass is 16.2. The molecule has 0 aliphatic heterocycles. The Morgan fingerprint density at radius 2 is 1.95 bits per heavy atom. The second kappa shape index (κ2) is 6.54. The van der Waals surface area contributed by atoms with Gasteiger partial charge in [-0.2, -0.15) is 5.10 Å². The molecule has 5 nitrogen and oxygen atoms in total. The first-order chi connectivity index (χ1) is 9.97. The number of anilines is 1. The minimum Gasteiger partial charge on any atom is -0.310 e. The second-order valence-corrected chi connectivity index (χ2v) is 5.61. The van der Waals surface area contributed by atoms with Crippen LogP contribution in [-0.2, 0) is 4.79 Å². The molecule has 5 heteroatoms. The molecule has 112 valence electrons. The molecule has 1 N–H and O–H groups in total. The van der Waals surface area contributed by atoms with Gasteiger partial charge in [-0.05, 0) is 27.9 Å². The number of likely N-dealkylation sites (N-methyl/N-ethyl adjacent to an activating group) is 1. The molecule has 0 spiro atoms. The number of carbonyl (C=O) groups is 1. The molecular formula is C16H22N4O. The van der Waals surface area contributed by atoms with Crippen molar-refractivity contribution in [1.82, 2.24) is 14.7 Å². The monoisotopic (exact) mass is 286 g/mol. The van der Waals surface area contributed by atoms with Gasteiger partial charge in [0.25, 0.3) is 0 Å². The Morgan fingerprint density at radius 3 is 2.52 bits per heavy atom. The quantitative estimate of drug-likeness (QED) is 0.919. The molecule has 1 aromatic heterocycles. The molecule has 0 radical (unpaired) electrons. The maximum atomic E-state index is 11.9. The molecule has 0 aliphatic rings. The summed E-state index contributed by atoms with van der Waals surface area (Å²) in [5.41, 5.74) is 1.91. The van der Waals surface area contributed by atoms with Crippen LogP contribution in [0.2, 0.25) is 0 Å². The highest BCUT2D eigenvalue weighted by Crippen LogP contribution is 2.24.